The number of hydrogen-bond donors (Lipinski definition) is 2. The Balaban J connectivity index is 2.39. The molecule has 0 atom stereocenters. The molecule has 0 unspecified atom stereocenters. The summed E-state index contributed by atoms with van der Waals surface area (Å²) in [6, 6.07) is 3.10. The van der Waals surface area contributed by atoms with Gasteiger partial charge in [-0.2, -0.15) is 0 Å². The van der Waals surface area contributed by atoms with Crippen LogP contribution < -0.4 is 11.1 Å². The highest BCUT2D eigenvalue weighted by Gasteiger charge is 2.11. The van der Waals surface area contributed by atoms with E-state index in [2.05, 4.69) is 24.1 Å². The molecule has 1 heterocycles. The largest absolute Gasteiger partial charge is 0.384 e. The molecule has 1 aromatic heterocycles. The highest BCUT2D eigenvalue weighted by molar-refractivity contribution is 6.33. The van der Waals surface area contributed by atoms with Crippen molar-refractivity contribution in [1.82, 2.24) is 10.3 Å². The average Bonchev–Trinajstić information content (AvgIpc) is 2.31. The molecule has 0 aliphatic heterocycles. The Bertz CT molecular complexity index is 410. The van der Waals surface area contributed by atoms with Crippen LogP contribution in [0.2, 0.25) is 5.02 Å². The van der Waals surface area contributed by atoms with E-state index in [4.69, 9.17) is 22.1 Å². The summed E-state index contributed by atoms with van der Waals surface area (Å²) >= 11 is 5.86. The first-order valence-corrected chi connectivity index (χ1v) is 6.16. The number of nitrogens with two attached hydrogens (primary N) is 1. The third kappa shape index (κ3) is 4.89. The van der Waals surface area contributed by atoms with Crippen LogP contribution in [-0.2, 0) is 4.74 Å². The number of nitrogen functional groups attached to an aromatic ring is 1. The summed E-state index contributed by atoms with van der Waals surface area (Å²) in [6.07, 6.45) is 0. The molecule has 1 aromatic rings. The number of hydrogen-bond acceptors (Lipinski definition) is 4. The molecule has 1 amide bonds. The number of pyridine rings is 1. The van der Waals surface area contributed by atoms with E-state index in [1.54, 1.807) is 12.1 Å². The van der Waals surface area contributed by atoms with Crippen molar-refractivity contribution in [3.63, 3.8) is 0 Å². The molecule has 0 radical (unpaired) electrons. The first kappa shape index (κ1) is 14.7. The molecule has 100 valence electrons. The Morgan fingerprint density at radius 1 is 1.56 bits per heavy atom. The van der Waals surface area contributed by atoms with E-state index in [1.165, 1.54) is 0 Å². The van der Waals surface area contributed by atoms with Crippen LogP contribution >= 0.6 is 11.6 Å². The summed E-state index contributed by atoms with van der Waals surface area (Å²) in [4.78, 5) is 15.6. The number of halogens is 1. The maximum atomic E-state index is 11.7. The summed E-state index contributed by atoms with van der Waals surface area (Å²) in [7, 11) is 0. The fraction of sp³-hybridized carbons (Fsp3) is 0.500. The molecule has 0 saturated heterocycles. The predicted octanol–water partition coefficient (Wildman–Crippen LogP) is 1.72. The zero-order chi connectivity index (χ0) is 13.5. The summed E-state index contributed by atoms with van der Waals surface area (Å²) < 4.78 is 5.34. The van der Waals surface area contributed by atoms with Crippen LogP contribution in [0.25, 0.3) is 0 Å². The maximum Gasteiger partial charge on any atom is 0.271 e. The van der Waals surface area contributed by atoms with Crippen LogP contribution in [0.5, 0.6) is 0 Å². The van der Waals surface area contributed by atoms with Crippen molar-refractivity contribution in [2.45, 2.75) is 13.8 Å². The molecule has 0 bridgehead atoms. The normalized spacial score (nSPS) is 10.7. The van der Waals surface area contributed by atoms with Crippen LogP contribution in [0.15, 0.2) is 12.1 Å². The summed E-state index contributed by atoms with van der Waals surface area (Å²) in [5.41, 5.74) is 5.64. The van der Waals surface area contributed by atoms with Crippen molar-refractivity contribution in [3.8, 4) is 0 Å². The van der Waals surface area contributed by atoms with E-state index in [1.807, 2.05) is 0 Å². The lowest BCUT2D eigenvalue weighted by Crippen LogP contribution is -2.28. The van der Waals surface area contributed by atoms with Crippen LogP contribution in [-0.4, -0.2) is 30.6 Å². The van der Waals surface area contributed by atoms with Gasteiger partial charge in [0.25, 0.3) is 5.91 Å². The Kier molecular flexibility index (Phi) is 5.88. The number of carbonyl (C=O) groups excluding carboxylic acids is 1. The van der Waals surface area contributed by atoms with Gasteiger partial charge >= 0.3 is 0 Å². The van der Waals surface area contributed by atoms with Crippen molar-refractivity contribution in [3.05, 3.63) is 22.8 Å². The number of ether oxygens (including phenoxy) is 1. The standard InChI is InChI=1S/C12H18ClN3O2/c1-8(2)7-18-6-5-15-12(17)11-9(13)3-4-10(14)16-11/h3-4,8H,5-7H2,1-2H3,(H2,14,16)(H,15,17). The minimum Gasteiger partial charge on any atom is -0.384 e. The smallest absolute Gasteiger partial charge is 0.271 e. The second-order valence-electron chi connectivity index (χ2n) is 4.29. The van der Waals surface area contributed by atoms with E-state index in [9.17, 15) is 4.79 Å². The molecule has 3 N–H and O–H groups in total. The highest BCUT2D eigenvalue weighted by atomic mass is 35.5. The highest BCUT2D eigenvalue weighted by Crippen LogP contribution is 2.14. The SMILES string of the molecule is CC(C)COCCNC(=O)c1nc(N)ccc1Cl. The molecule has 0 aliphatic carbocycles. The van der Waals surface area contributed by atoms with E-state index in [0.717, 1.165) is 0 Å². The minimum absolute atomic E-state index is 0.139. The Labute approximate surface area is 112 Å². The third-order valence-electron chi connectivity index (χ3n) is 2.07. The molecule has 0 fully saturated rings. The number of carbonyl (C=O) groups is 1. The quantitative estimate of drug-likeness (QED) is 0.773. The van der Waals surface area contributed by atoms with Crippen LogP contribution in [0.4, 0.5) is 5.82 Å². The zero-order valence-electron chi connectivity index (χ0n) is 10.6. The molecule has 1 rings (SSSR count). The van der Waals surface area contributed by atoms with Gasteiger partial charge in [-0.15, -0.1) is 0 Å². The van der Waals surface area contributed by atoms with E-state index in [-0.39, 0.29) is 22.4 Å². The molecule has 0 aromatic carbocycles. The summed E-state index contributed by atoms with van der Waals surface area (Å²) in [5.74, 6) is 0.395. The molecule has 18 heavy (non-hydrogen) atoms. The van der Waals surface area contributed by atoms with Crippen molar-refractivity contribution < 1.29 is 9.53 Å². The maximum absolute atomic E-state index is 11.7. The number of rotatable bonds is 6. The molecule has 0 aliphatic rings. The molecule has 5 nitrogen and oxygen atoms in total. The average molecular weight is 272 g/mol. The van der Waals surface area contributed by atoms with Crippen molar-refractivity contribution in [2.75, 3.05) is 25.5 Å². The van der Waals surface area contributed by atoms with Crippen LogP contribution in [0.3, 0.4) is 0 Å². The minimum atomic E-state index is -0.347. The topological polar surface area (TPSA) is 77.2 Å². The first-order valence-electron chi connectivity index (χ1n) is 5.78. The van der Waals surface area contributed by atoms with Gasteiger partial charge in [-0.05, 0) is 18.1 Å². The van der Waals surface area contributed by atoms with Gasteiger partial charge in [0.15, 0.2) is 0 Å². The van der Waals surface area contributed by atoms with Gasteiger partial charge in [0.05, 0.1) is 11.6 Å². The summed E-state index contributed by atoms with van der Waals surface area (Å²) in [5, 5.41) is 2.96. The molecular formula is C12H18ClN3O2. The molecular weight excluding hydrogens is 254 g/mol. The van der Waals surface area contributed by atoms with Gasteiger partial charge in [-0.25, -0.2) is 4.98 Å². The number of aromatic nitrogens is 1. The van der Waals surface area contributed by atoms with Crippen LogP contribution in [0.1, 0.15) is 24.3 Å². The van der Waals surface area contributed by atoms with Gasteiger partial charge in [-0.3, -0.25) is 4.79 Å². The fourth-order valence-electron chi connectivity index (χ4n) is 1.26. The van der Waals surface area contributed by atoms with Crippen molar-refractivity contribution >= 4 is 23.3 Å². The van der Waals surface area contributed by atoms with E-state index in [0.29, 0.717) is 25.7 Å². The number of nitrogens with zero attached hydrogens (tertiary/aromatic N) is 1. The molecule has 6 heteroatoms. The lowest BCUT2D eigenvalue weighted by molar-refractivity contribution is 0.0882. The van der Waals surface area contributed by atoms with Gasteiger partial charge in [0, 0.05) is 13.2 Å². The number of amides is 1. The first-order chi connectivity index (χ1) is 8.50. The molecule has 0 spiro atoms. The van der Waals surface area contributed by atoms with E-state index < -0.39 is 0 Å². The second kappa shape index (κ2) is 7.18. The number of anilines is 1. The Morgan fingerprint density at radius 2 is 2.28 bits per heavy atom. The van der Waals surface area contributed by atoms with Gasteiger partial charge < -0.3 is 15.8 Å². The van der Waals surface area contributed by atoms with Gasteiger partial charge in [0.2, 0.25) is 0 Å². The number of nitrogens with one attached hydrogen (secondary N) is 1. The third-order valence-corrected chi connectivity index (χ3v) is 2.37. The van der Waals surface area contributed by atoms with Gasteiger partial charge in [0.1, 0.15) is 11.5 Å². The lowest BCUT2D eigenvalue weighted by atomic mass is 10.2. The monoisotopic (exact) mass is 271 g/mol. The second-order valence-corrected chi connectivity index (χ2v) is 4.70. The van der Waals surface area contributed by atoms with Crippen molar-refractivity contribution in [2.24, 2.45) is 5.92 Å². The molecule has 0 saturated carbocycles. The van der Waals surface area contributed by atoms with Crippen molar-refractivity contribution in [1.29, 1.82) is 0 Å². The fourth-order valence-corrected chi connectivity index (χ4v) is 1.45. The van der Waals surface area contributed by atoms with Gasteiger partial charge in [-0.1, -0.05) is 25.4 Å². The van der Waals surface area contributed by atoms with E-state index >= 15 is 0 Å². The lowest BCUT2D eigenvalue weighted by Gasteiger charge is -2.08. The Morgan fingerprint density at radius 3 is 2.94 bits per heavy atom. The van der Waals surface area contributed by atoms with Crippen LogP contribution in [0, 0.1) is 5.92 Å². The zero-order valence-corrected chi connectivity index (χ0v) is 11.3. The Hall–Kier alpha value is -1.33. The predicted molar refractivity (Wildman–Crippen MR) is 71.6 cm³/mol. The summed E-state index contributed by atoms with van der Waals surface area (Å²) in [6.45, 7) is 5.68.